The normalized spacial score (nSPS) is 17.7. The van der Waals surface area contributed by atoms with Gasteiger partial charge in [0.15, 0.2) is 5.82 Å². The maximum absolute atomic E-state index is 14.5. The van der Waals surface area contributed by atoms with Gasteiger partial charge in [0.2, 0.25) is 0 Å². The number of hydrogen-bond acceptors (Lipinski definition) is 7. The smallest absolute Gasteiger partial charge is 0.369 e. The molecule has 0 radical (unpaired) electrons. The van der Waals surface area contributed by atoms with Gasteiger partial charge in [0, 0.05) is 37.8 Å². The Hall–Kier alpha value is -4.76. The fourth-order valence-corrected chi connectivity index (χ4v) is 6.66. The van der Waals surface area contributed by atoms with Crippen LogP contribution >= 0.6 is 0 Å². The lowest BCUT2D eigenvalue weighted by molar-refractivity contribution is -0.138. The number of nitriles is 1. The molecule has 1 amide bonds. The van der Waals surface area contributed by atoms with Gasteiger partial charge in [0.1, 0.15) is 18.0 Å². The van der Waals surface area contributed by atoms with Gasteiger partial charge in [-0.3, -0.25) is 14.6 Å². The van der Waals surface area contributed by atoms with Gasteiger partial charge in [-0.25, -0.2) is 4.98 Å². The third-order valence-electron chi connectivity index (χ3n) is 9.38. The van der Waals surface area contributed by atoms with E-state index in [0.717, 1.165) is 30.6 Å². The van der Waals surface area contributed by atoms with Crippen LogP contribution in [0.4, 0.5) is 24.8 Å². The predicted molar refractivity (Wildman–Crippen MR) is 166 cm³/mol. The van der Waals surface area contributed by atoms with Crippen molar-refractivity contribution in [2.75, 3.05) is 29.9 Å². The van der Waals surface area contributed by atoms with Crippen LogP contribution in [0.5, 0.6) is 0 Å². The van der Waals surface area contributed by atoms with E-state index < -0.39 is 17.6 Å². The summed E-state index contributed by atoms with van der Waals surface area (Å²) in [4.78, 5) is 22.2. The van der Waals surface area contributed by atoms with E-state index >= 15 is 0 Å². The van der Waals surface area contributed by atoms with E-state index in [9.17, 15) is 23.2 Å². The number of fused-ring (bicyclic) bond motifs is 1. The number of halogens is 3. The van der Waals surface area contributed by atoms with Crippen LogP contribution in [0.1, 0.15) is 53.2 Å². The first-order valence-electron chi connectivity index (χ1n) is 15.4. The molecule has 1 atom stereocenters. The summed E-state index contributed by atoms with van der Waals surface area (Å²) in [6, 6.07) is 16.1. The molecule has 2 aromatic heterocycles. The van der Waals surface area contributed by atoms with Crippen LogP contribution in [-0.2, 0) is 26.3 Å². The monoisotopic (exact) mass is 626 g/mol. The minimum Gasteiger partial charge on any atom is -0.369 e. The molecule has 236 valence electrons. The Morgan fingerprint density at radius 1 is 1.09 bits per heavy atom. The second-order valence-corrected chi connectivity index (χ2v) is 12.8. The van der Waals surface area contributed by atoms with Gasteiger partial charge in [-0.05, 0) is 84.7 Å². The van der Waals surface area contributed by atoms with Crippen molar-refractivity contribution >= 4 is 17.5 Å². The Morgan fingerprint density at radius 3 is 2.54 bits per heavy atom. The number of carbonyl (C=O) groups is 1. The van der Waals surface area contributed by atoms with Gasteiger partial charge in [-0.2, -0.15) is 18.4 Å². The Bertz CT molecular complexity index is 1870. The molecule has 4 heterocycles. The largest absolute Gasteiger partial charge is 0.416 e. The van der Waals surface area contributed by atoms with Crippen LogP contribution in [0.25, 0.3) is 22.5 Å². The number of rotatable bonds is 8. The molecule has 2 aliphatic heterocycles. The summed E-state index contributed by atoms with van der Waals surface area (Å²) in [7, 11) is 1.83. The number of benzene rings is 2. The highest BCUT2D eigenvalue weighted by Gasteiger charge is 2.47. The van der Waals surface area contributed by atoms with Crippen LogP contribution in [0, 0.1) is 22.7 Å². The molecule has 4 aromatic rings. The van der Waals surface area contributed by atoms with Crippen molar-refractivity contribution < 1.29 is 18.0 Å². The fraction of sp³-hybridized carbons (Fsp3) is 0.382. The van der Waals surface area contributed by atoms with Crippen molar-refractivity contribution in [1.29, 1.82) is 5.26 Å². The number of carbonyl (C=O) groups excluding carboxylic acids is 1. The number of amides is 1. The van der Waals surface area contributed by atoms with Gasteiger partial charge in [0.25, 0.3) is 5.91 Å². The number of aromatic nitrogens is 4. The molecule has 46 heavy (non-hydrogen) atoms. The number of anilines is 2. The van der Waals surface area contributed by atoms with Crippen molar-refractivity contribution in [2.24, 2.45) is 18.4 Å². The Morgan fingerprint density at radius 2 is 1.87 bits per heavy atom. The maximum atomic E-state index is 14.5. The first kappa shape index (κ1) is 29.9. The SMILES string of the molecule is C[C@H](C#N)CNc1cc(-c2ccccc2-c2nncn2C)cc(N2Cc3c(cc(CN4CCC5(CC5)C4)cc3C(F)(F)F)C2=O)n1. The second-order valence-electron chi connectivity index (χ2n) is 12.8. The van der Waals surface area contributed by atoms with E-state index in [1.54, 1.807) is 36.0 Å². The third kappa shape index (κ3) is 5.60. The fourth-order valence-electron chi connectivity index (χ4n) is 6.66. The van der Waals surface area contributed by atoms with Crippen molar-refractivity contribution in [3.63, 3.8) is 0 Å². The molecule has 12 heteroatoms. The number of aryl methyl sites for hydroxylation is 1. The molecule has 2 aromatic carbocycles. The van der Waals surface area contributed by atoms with E-state index in [0.29, 0.717) is 41.3 Å². The predicted octanol–water partition coefficient (Wildman–Crippen LogP) is 6.28. The lowest BCUT2D eigenvalue weighted by atomic mass is 9.98. The summed E-state index contributed by atoms with van der Waals surface area (Å²) >= 11 is 0. The van der Waals surface area contributed by atoms with Crippen molar-refractivity contribution in [2.45, 2.75) is 45.5 Å². The molecular weight excluding hydrogens is 593 g/mol. The quantitative estimate of drug-likeness (QED) is 0.246. The molecule has 1 saturated heterocycles. The van der Waals surface area contributed by atoms with Gasteiger partial charge in [0.05, 0.1) is 24.1 Å². The highest BCUT2D eigenvalue weighted by atomic mass is 19.4. The van der Waals surface area contributed by atoms with Crippen molar-refractivity contribution in [3.8, 4) is 28.6 Å². The number of pyridine rings is 1. The van der Waals surface area contributed by atoms with Gasteiger partial charge < -0.3 is 9.88 Å². The zero-order valence-corrected chi connectivity index (χ0v) is 25.6. The molecule has 0 bridgehead atoms. The Kier molecular flexibility index (Phi) is 7.31. The van der Waals surface area contributed by atoms with Crippen LogP contribution in [0.2, 0.25) is 0 Å². The lowest BCUT2D eigenvalue weighted by Crippen LogP contribution is -2.25. The minimum absolute atomic E-state index is 0.0411. The highest BCUT2D eigenvalue weighted by Crippen LogP contribution is 2.53. The third-order valence-corrected chi connectivity index (χ3v) is 9.38. The number of nitrogens with zero attached hydrogens (tertiary/aromatic N) is 7. The van der Waals surface area contributed by atoms with Crippen LogP contribution in [0.15, 0.2) is 54.9 Å². The summed E-state index contributed by atoms with van der Waals surface area (Å²) in [6.45, 7) is 3.92. The zero-order valence-electron chi connectivity index (χ0n) is 25.6. The number of likely N-dealkylation sites (tertiary alicyclic amines) is 1. The summed E-state index contributed by atoms with van der Waals surface area (Å²) < 4.78 is 45.3. The summed E-state index contributed by atoms with van der Waals surface area (Å²) in [5.74, 6) is 0.384. The average Bonchev–Trinajstić information content (AvgIpc) is 3.29. The average molecular weight is 627 g/mol. The zero-order chi connectivity index (χ0) is 32.2. The topological polar surface area (TPSA) is 103 Å². The molecule has 1 saturated carbocycles. The van der Waals surface area contributed by atoms with E-state index in [1.807, 2.05) is 31.3 Å². The lowest BCUT2D eigenvalue weighted by Gasteiger charge is -2.19. The first-order valence-corrected chi connectivity index (χ1v) is 15.4. The molecule has 7 rings (SSSR count). The van der Waals surface area contributed by atoms with Gasteiger partial charge in [-0.1, -0.05) is 24.3 Å². The van der Waals surface area contributed by atoms with Gasteiger partial charge >= 0.3 is 6.18 Å². The van der Waals surface area contributed by atoms with Crippen LogP contribution in [-0.4, -0.2) is 50.2 Å². The number of nitrogens with one attached hydrogen (secondary N) is 1. The van der Waals surface area contributed by atoms with Crippen molar-refractivity contribution in [1.82, 2.24) is 24.6 Å². The van der Waals surface area contributed by atoms with Crippen LogP contribution < -0.4 is 10.2 Å². The number of alkyl halides is 3. The molecule has 1 spiro atoms. The molecule has 3 aliphatic rings. The van der Waals surface area contributed by atoms with E-state index in [-0.39, 0.29) is 29.4 Å². The molecule has 9 nitrogen and oxygen atoms in total. The standard InChI is InChI=1S/C34H33F3N8O/c1-21(15-38)16-39-29-13-23(24-5-3-4-6-25(24)31-42-40-20-43(31)2)14-30(41-29)45-18-27-26(32(45)46)11-22(12-28(27)34(35,36)37)17-44-10-9-33(19-44)7-8-33/h3-6,11-14,20-21H,7-10,16-19H2,1-2H3,(H,39,41)/t21-/m1/s1. The van der Waals surface area contributed by atoms with E-state index in [2.05, 4.69) is 31.5 Å². The molecule has 0 unspecified atom stereocenters. The van der Waals surface area contributed by atoms with E-state index in [1.165, 1.54) is 23.8 Å². The number of hydrogen-bond donors (Lipinski definition) is 1. The summed E-state index contributed by atoms with van der Waals surface area (Å²) in [6.07, 6.45) is 0.402. The minimum atomic E-state index is -4.62. The molecular formula is C34H33F3N8O. The second kappa shape index (κ2) is 11.2. The van der Waals surface area contributed by atoms with E-state index in [4.69, 9.17) is 0 Å². The van der Waals surface area contributed by atoms with Gasteiger partial charge in [-0.15, -0.1) is 10.2 Å². The summed E-state index contributed by atoms with van der Waals surface area (Å²) in [5.41, 5.74) is 2.32. The molecule has 1 N–H and O–H groups in total. The Labute approximate surface area is 264 Å². The van der Waals surface area contributed by atoms with Crippen LogP contribution in [0.3, 0.4) is 0 Å². The maximum Gasteiger partial charge on any atom is 0.416 e. The summed E-state index contributed by atoms with van der Waals surface area (Å²) in [5, 5.41) is 20.8. The van der Waals surface area contributed by atoms with Crippen molar-refractivity contribution in [3.05, 3.63) is 77.1 Å². The first-order chi connectivity index (χ1) is 22.0. The molecule has 2 fully saturated rings. The highest BCUT2D eigenvalue weighted by molar-refractivity contribution is 6.10. The Balaban J connectivity index is 1.28. The molecule has 1 aliphatic carbocycles.